The summed E-state index contributed by atoms with van der Waals surface area (Å²) < 4.78 is 49.9. The molecular weight excluding hydrogens is 417 g/mol. The molecule has 0 radical (unpaired) electrons. The number of carbonyl (C=O) groups excluding carboxylic acids is 2. The van der Waals surface area contributed by atoms with E-state index in [1.165, 1.54) is 6.07 Å². The molecular formula is C20H27F3N4O4. The molecule has 1 aromatic rings. The molecule has 8 nitrogen and oxygen atoms in total. The first-order valence-electron chi connectivity index (χ1n) is 10.3. The van der Waals surface area contributed by atoms with Crippen LogP contribution in [0.25, 0.3) is 0 Å². The lowest BCUT2D eigenvalue weighted by Gasteiger charge is -2.34. The predicted molar refractivity (Wildman–Crippen MR) is 108 cm³/mol. The van der Waals surface area contributed by atoms with Crippen molar-refractivity contribution < 1.29 is 32.2 Å². The summed E-state index contributed by atoms with van der Waals surface area (Å²) in [6.07, 6.45) is -4.89. The molecule has 0 atom stereocenters. The Morgan fingerprint density at radius 2 is 1.77 bits per heavy atom. The number of hydrogen-bond donors (Lipinski definition) is 1. The lowest BCUT2D eigenvalue weighted by atomic mass is 10.1. The van der Waals surface area contributed by atoms with E-state index in [0.29, 0.717) is 64.8 Å². The highest BCUT2D eigenvalue weighted by Crippen LogP contribution is 2.35. The molecule has 0 saturated carbocycles. The number of ether oxygens (including phenoxy) is 2. The molecule has 2 aliphatic heterocycles. The molecule has 2 fully saturated rings. The maximum Gasteiger partial charge on any atom is 0.416 e. The molecule has 0 unspecified atom stereocenters. The number of halogens is 3. The Morgan fingerprint density at radius 1 is 1.10 bits per heavy atom. The summed E-state index contributed by atoms with van der Waals surface area (Å²) in [5, 5.41) is 2.65. The third kappa shape index (κ3) is 6.23. The molecule has 2 aliphatic rings. The van der Waals surface area contributed by atoms with Gasteiger partial charge in [0.25, 0.3) is 0 Å². The molecule has 2 heterocycles. The van der Waals surface area contributed by atoms with Crippen LogP contribution in [0.2, 0.25) is 0 Å². The van der Waals surface area contributed by atoms with E-state index in [2.05, 4.69) is 5.32 Å². The lowest BCUT2D eigenvalue weighted by molar-refractivity contribution is -0.137. The minimum absolute atomic E-state index is 0.0233. The first kappa shape index (κ1) is 23.1. The van der Waals surface area contributed by atoms with E-state index < -0.39 is 17.6 Å². The molecule has 0 aliphatic carbocycles. The first-order chi connectivity index (χ1) is 14.8. The molecule has 11 heteroatoms. The van der Waals surface area contributed by atoms with Gasteiger partial charge in [-0.1, -0.05) is 0 Å². The second kappa shape index (κ2) is 10.2. The van der Waals surface area contributed by atoms with Gasteiger partial charge < -0.3 is 24.6 Å². The number of nitrogens with zero attached hydrogens (tertiary/aromatic N) is 3. The standard InChI is InChI=1S/C20H27F3N4O4/c1-2-31-19(29)27-7-5-25(6-8-27)14-18(28)24-16-13-15(20(21,22)23)3-4-17(16)26-9-11-30-12-10-26/h3-4,13H,2,5-12,14H2,1H3,(H,24,28). The fourth-order valence-corrected chi connectivity index (χ4v) is 3.59. The smallest absolute Gasteiger partial charge is 0.416 e. The van der Waals surface area contributed by atoms with Crippen molar-refractivity contribution in [3.8, 4) is 0 Å². The van der Waals surface area contributed by atoms with Crippen LogP contribution < -0.4 is 10.2 Å². The van der Waals surface area contributed by atoms with E-state index in [4.69, 9.17) is 9.47 Å². The maximum atomic E-state index is 13.2. The molecule has 172 valence electrons. The highest BCUT2D eigenvalue weighted by molar-refractivity contribution is 5.96. The van der Waals surface area contributed by atoms with E-state index in [0.717, 1.165) is 12.1 Å². The van der Waals surface area contributed by atoms with Crippen molar-refractivity contribution in [3.63, 3.8) is 0 Å². The summed E-state index contributed by atoms with van der Waals surface area (Å²) in [6, 6.07) is 3.39. The van der Waals surface area contributed by atoms with Crippen molar-refractivity contribution in [2.45, 2.75) is 13.1 Å². The zero-order chi connectivity index (χ0) is 22.4. The van der Waals surface area contributed by atoms with E-state index in [-0.39, 0.29) is 18.3 Å². The van der Waals surface area contributed by atoms with Gasteiger partial charge in [-0.2, -0.15) is 13.2 Å². The number of nitrogens with one attached hydrogen (secondary N) is 1. The summed E-state index contributed by atoms with van der Waals surface area (Å²) in [6.45, 7) is 5.86. The van der Waals surface area contributed by atoms with Crippen LogP contribution in [0.4, 0.5) is 29.3 Å². The topological polar surface area (TPSA) is 74.4 Å². The molecule has 1 aromatic carbocycles. The Balaban J connectivity index is 1.65. The molecule has 0 bridgehead atoms. The molecule has 3 rings (SSSR count). The second-order valence-corrected chi connectivity index (χ2v) is 7.34. The zero-order valence-electron chi connectivity index (χ0n) is 17.4. The third-order valence-electron chi connectivity index (χ3n) is 5.22. The van der Waals surface area contributed by atoms with Crippen LogP contribution in [0.3, 0.4) is 0 Å². The minimum atomic E-state index is -4.51. The van der Waals surface area contributed by atoms with Crippen molar-refractivity contribution in [1.82, 2.24) is 9.80 Å². The SMILES string of the molecule is CCOC(=O)N1CCN(CC(=O)Nc2cc(C(F)(F)F)ccc2N2CCOCC2)CC1. The Morgan fingerprint density at radius 3 is 2.39 bits per heavy atom. The number of anilines is 2. The molecule has 0 spiro atoms. The van der Waals surface area contributed by atoms with E-state index in [1.54, 1.807) is 11.8 Å². The lowest BCUT2D eigenvalue weighted by Crippen LogP contribution is -2.50. The third-order valence-corrected chi connectivity index (χ3v) is 5.22. The van der Waals surface area contributed by atoms with Crippen molar-refractivity contribution in [2.24, 2.45) is 0 Å². The summed E-state index contributed by atoms with van der Waals surface area (Å²) >= 11 is 0. The van der Waals surface area contributed by atoms with Gasteiger partial charge in [-0.25, -0.2) is 4.79 Å². The summed E-state index contributed by atoms with van der Waals surface area (Å²) in [5.74, 6) is -0.404. The van der Waals surface area contributed by atoms with Crippen molar-refractivity contribution in [3.05, 3.63) is 23.8 Å². The van der Waals surface area contributed by atoms with Gasteiger partial charge in [0, 0.05) is 39.3 Å². The van der Waals surface area contributed by atoms with Gasteiger partial charge in [-0.3, -0.25) is 9.69 Å². The van der Waals surface area contributed by atoms with Crippen LogP contribution in [0, 0.1) is 0 Å². The van der Waals surface area contributed by atoms with Crippen molar-refractivity contribution in [2.75, 3.05) is 75.9 Å². The van der Waals surface area contributed by atoms with Gasteiger partial charge in [0.15, 0.2) is 0 Å². The maximum absolute atomic E-state index is 13.2. The quantitative estimate of drug-likeness (QED) is 0.751. The van der Waals surface area contributed by atoms with Crippen LogP contribution in [-0.4, -0.2) is 87.4 Å². The van der Waals surface area contributed by atoms with Crippen LogP contribution >= 0.6 is 0 Å². The summed E-state index contributed by atoms with van der Waals surface area (Å²) in [5.41, 5.74) is -0.147. The fraction of sp³-hybridized carbons (Fsp3) is 0.600. The molecule has 1 N–H and O–H groups in total. The van der Waals surface area contributed by atoms with Gasteiger partial charge in [-0.05, 0) is 25.1 Å². The number of rotatable bonds is 5. The number of alkyl halides is 3. The van der Waals surface area contributed by atoms with E-state index in [9.17, 15) is 22.8 Å². The second-order valence-electron chi connectivity index (χ2n) is 7.34. The average molecular weight is 444 g/mol. The minimum Gasteiger partial charge on any atom is -0.450 e. The number of piperazine rings is 1. The first-order valence-corrected chi connectivity index (χ1v) is 10.3. The molecule has 2 saturated heterocycles. The van der Waals surface area contributed by atoms with Gasteiger partial charge in [0.05, 0.1) is 43.3 Å². The van der Waals surface area contributed by atoms with E-state index >= 15 is 0 Å². The normalized spacial score (nSPS) is 18.1. The highest BCUT2D eigenvalue weighted by atomic mass is 19.4. The number of morpholine rings is 1. The number of hydrogen-bond acceptors (Lipinski definition) is 6. The number of carbonyl (C=O) groups is 2. The highest BCUT2D eigenvalue weighted by Gasteiger charge is 2.32. The Hall–Kier alpha value is -2.53. The molecule has 0 aromatic heterocycles. The summed E-state index contributed by atoms with van der Waals surface area (Å²) in [7, 11) is 0. The van der Waals surface area contributed by atoms with Crippen LogP contribution in [-0.2, 0) is 20.4 Å². The predicted octanol–water partition coefficient (Wildman–Crippen LogP) is 2.25. The van der Waals surface area contributed by atoms with Crippen LogP contribution in [0.15, 0.2) is 18.2 Å². The largest absolute Gasteiger partial charge is 0.450 e. The molecule has 2 amide bonds. The zero-order valence-corrected chi connectivity index (χ0v) is 17.4. The average Bonchev–Trinajstić information content (AvgIpc) is 2.74. The number of amides is 2. The fourth-order valence-electron chi connectivity index (χ4n) is 3.59. The van der Waals surface area contributed by atoms with Crippen molar-refractivity contribution >= 4 is 23.4 Å². The Labute approximate surface area is 178 Å². The van der Waals surface area contributed by atoms with Crippen molar-refractivity contribution in [1.29, 1.82) is 0 Å². The summed E-state index contributed by atoms with van der Waals surface area (Å²) in [4.78, 5) is 29.7. The van der Waals surface area contributed by atoms with Gasteiger partial charge in [0.1, 0.15) is 0 Å². The molecule has 31 heavy (non-hydrogen) atoms. The van der Waals surface area contributed by atoms with Crippen LogP contribution in [0.5, 0.6) is 0 Å². The monoisotopic (exact) mass is 444 g/mol. The van der Waals surface area contributed by atoms with Gasteiger partial charge >= 0.3 is 12.3 Å². The van der Waals surface area contributed by atoms with Gasteiger partial charge in [0.2, 0.25) is 5.91 Å². The number of benzene rings is 1. The Kier molecular flexibility index (Phi) is 7.60. The van der Waals surface area contributed by atoms with E-state index in [1.807, 2.05) is 9.80 Å². The Bertz CT molecular complexity index is 776. The van der Waals surface area contributed by atoms with Gasteiger partial charge in [-0.15, -0.1) is 0 Å². The van der Waals surface area contributed by atoms with Crippen LogP contribution in [0.1, 0.15) is 12.5 Å².